The van der Waals surface area contributed by atoms with Crippen LogP contribution in [0.1, 0.15) is 55.2 Å². The van der Waals surface area contributed by atoms with Crippen LogP contribution in [0, 0.1) is 13.8 Å². The highest BCUT2D eigenvalue weighted by molar-refractivity contribution is 5.47. The quantitative estimate of drug-likeness (QED) is 0.866. The molecular weight excluding hydrogens is 234 g/mol. The van der Waals surface area contributed by atoms with Crippen LogP contribution in [0.2, 0.25) is 0 Å². The number of hydrogen-bond acceptors (Lipinski definition) is 2. The molecule has 1 N–H and O–H groups in total. The zero-order chi connectivity index (χ0) is 13.8. The highest BCUT2D eigenvalue weighted by Crippen LogP contribution is 2.40. The molecule has 0 heterocycles. The van der Waals surface area contributed by atoms with Crippen molar-refractivity contribution >= 4 is 0 Å². The summed E-state index contributed by atoms with van der Waals surface area (Å²) in [6.07, 6.45) is 5.04. The third kappa shape index (κ3) is 3.11. The van der Waals surface area contributed by atoms with Gasteiger partial charge in [0.15, 0.2) is 0 Å². The minimum absolute atomic E-state index is 0.656. The van der Waals surface area contributed by atoms with Crippen LogP contribution in [0.3, 0.4) is 0 Å². The van der Waals surface area contributed by atoms with Crippen LogP contribution < -0.4 is 10.1 Å². The van der Waals surface area contributed by atoms with E-state index in [0.717, 1.165) is 12.3 Å². The van der Waals surface area contributed by atoms with Gasteiger partial charge in [-0.2, -0.15) is 0 Å². The maximum atomic E-state index is 5.67. The molecule has 1 aliphatic carbocycles. The molecular formula is C17H27NO. The third-order valence-corrected chi connectivity index (χ3v) is 4.47. The van der Waals surface area contributed by atoms with Gasteiger partial charge in [0.2, 0.25) is 0 Å². The zero-order valence-electron chi connectivity index (χ0n) is 12.8. The Balaban J connectivity index is 2.13. The van der Waals surface area contributed by atoms with E-state index in [1.807, 2.05) is 0 Å². The van der Waals surface area contributed by atoms with E-state index in [4.69, 9.17) is 4.74 Å². The lowest BCUT2D eigenvalue weighted by atomic mass is 9.92. The predicted molar refractivity (Wildman–Crippen MR) is 81.1 cm³/mol. The van der Waals surface area contributed by atoms with Crippen molar-refractivity contribution in [3.63, 3.8) is 0 Å². The first-order chi connectivity index (χ1) is 9.17. The fraction of sp³-hybridized carbons (Fsp3) is 0.647. The molecule has 0 bridgehead atoms. The number of aryl methyl sites for hydroxylation is 1. The average molecular weight is 261 g/mol. The first kappa shape index (κ1) is 14.4. The van der Waals surface area contributed by atoms with Gasteiger partial charge in [-0.15, -0.1) is 0 Å². The van der Waals surface area contributed by atoms with Crippen molar-refractivity contribution in [2.75, 3.05) is 13.7 Å². The Morgan fingerprint density at radius 3 is 2.74 bits per heavy atom. The van der Waals surface area contributed by atoms with Crippen LogP contribution >= 0.6 is 0 Å². The predicted octanol–water partition coefficient (Wildman–Crippen LogP) is 3.95. The minimum atomic E-state index is 0.656. The van der Waals surface area contributed by atoms with Crippen LogP contribution in [0.4, 0.5) is 0 Å². The molecule has 1 aromatic carbocycles. The van der Waals surface area contributed by atoms with Crippen molar-refractivity contribution in [1.82, 2.24) is 5.32 Å². The van der Waals surface area contributed by atoms with Gasteiger partial charge in [0.1, 0.15) is 5.75 Å². The van der Waals surface area contributed by atoms with E-state index in [0.29, 0.717) is 12.0 Å². The summed E-state index contributed by atoms with van der Waals surface area (Å²) < 4.78 is 5.67. The SMILES string of the molecule is CCCNC1CCC(c2ccc(C)c(C)c2OC)C1. The molecule has 2 unspecified atom stereocenters. The molecule has 0 aliphatic heterocycles. The maximum Gasteiger partial charge on any atom is 0.125 e. The van der Waals surface area contributed by atoms with E-state index in [-0.39, 0.29) is 0 Å². The van der Waals surface area contributed by atoms with Crippen LogP contribution in [-0.4, -0.2) is 19.7 Å². The lowest BCUT2D eigenvalue weighted by Crippen LogP contribution is -2.26. The molecule has 106 valence electrons. The average Bonchev–Trinajstić information content (AvgIpc) is 2.88. The van der Waals surface area contributed by atoms with Crippen LogP contribution in [0.15, 0.2) is 12.1 Å². The van der Waals surface area contributed by atoms with E-state index < -0.39 is 0 Å². The second-order valence-electron chi connectivity index (χ2n) is 5.79. The second-order valence-corrected chi connectivity index (χ2v) is 5.79. The van der Waals surface area contributed by atoms with Crippen molar-refractivity contribution in [2.24, 2.45) is 0 Å². The highest BCUT2D eigenvalue weighted by Gasteiger charge is 2.28. The van der Waals surface area contributed by atoms with Gasteiger partial charge in [0, 0.05) is 6.04 Å². The molecule has 0 amide bonds. The van der Waals surface area contributed by atoms with E-state index in [9.17, 15) is 0 Å². The Morgan fingerprint density at radius 2 is 2.05 bits per heavy atom. The molecule has 2 nitrogen and oxygen atoms in total. The van der Waals surface area contributed by atoms with E-state index >= 15 is 0 Å². The van der Waals surface area contributed by atoms with Gasteiger partial charge < -0.3 is 10.1 Å². The number of hydrogen-bond donors (Lipinski definition) is 1. The summed E-state index contributed by atoms with van der Waals surface area (Å²) in [5.74, 6) is 1.77. The van der Waals surface area contributed by atoms with Crippen molar-refractivity contribution in [2.45, 2.75) is 58.4 Å². The maximum absolute atomic E-state index is 5.67. The summed E-state index contributed by atoms with van der Waals surface area (Å²) in [4.78, 5) is 0. The van der Waals surface area contributed by atoms with E-state index in [2.05, 4.69) is 38.2 Å². The molecule has 1 fully saturated rings. The summed E-state index contributed by atoms with van der Waals surface area (Å²) in [7, 11) is 1.80. The van der Waals surface area contributed by atoms with Gasteiger partial charge in [-0.05, 0) is 68.7 Å². The van der Waals surface area contributed by atoms with Crippen molar-refractivity contribution < 1.29 is 4.74 Å². The molecule has 19 heavy (non-hydrogen) atoms. The molecule has 2 atom stereocenters. The Labute approximate surface area is 117 Å². The standard InChI is InChI=1S/C17H27NO/c1-5-10-18-15-8-7-14(11-15)16-9-6-12(2)13(3)17(16)19-4/h6,9,14-15,18H,5,7-8,10-11H2,1-4H3. The second kappa shape index (κ2) is 6.42. The first-order valence-electron chi connectivity index (χ1n) is 7.54. The van der Waals surface area contributed by atoms with Gasteiger partial charge in [0.25, 0.3) is 0 Å². The Kier molecular flexibility index (Phi) is 4.87. The summed E-state index contributed by atoms with van der Waals surface area (Å²) in [6, 6.07) is 5.20. The monoisotopic (exact) mass is 261 g/mol. The Bertz CT molecular complexity index is 428. The van der Waals surface area contributed by atoms with Gasteiger partial charge in [-0.3, -0.25) is 0 Å². The highest BCUT2D eigenvalue weighted by atomic mass is 16.5. The van der Waals surface area contributed by atoms with Crippen LogP contribution in [0.25, 0.3) is 0 Å². The van der Waals surface area contributed by atoms with Gasteiger partial charge in [-0.25, -0.2) is 0 Å². The fourth-order valence-corrected chi connectivity index (χ4v) is 3.20. The molecule has 1 aromatic rings. The largest absolute Gasteiger partial charge is 0.496 e. The normalized spacial score (nSPS) is 22.7. The minimum Gasteiger partial charge on any atom is -0.496 e. The summed E-state index contributed by atoms with van der Waals surface area (Å²) in [6.45, 7) is 7.69. The van der Waals surface area contributed by atoms with Gasteiger partial charge >= 0.3 is 0 Å². The summed E-state index contributed by atoms with van der Waals surface area (Å²) in [5, 5.41) is 3.65. The molecule has 0 saturated heterocycles. The van der Waals surface area contributed by atoms with Gasteiger partial charge in [-0.1, -0.05) is 19.1 Å². The topological polar surface area (TPSA) is 21.3 Å². The number of methoxy groups -OCH3 is 1. The fourth-order valence-electron chi connectivity index (χ4n) is 3.20. The number of ether oxygens (including phenoxy) is 1. The molecule has 1 aliphatic rings. The Morgan fingerprint density at radius 1 is 1.26 bits per heavy atom. The van der Waals surface area contributed by atoms with Crippen molar-refractivity contribution in [3.8, 4) is 5.75 Å². The zero-order valence-corrected chi connectivity index (χ0v) is 12.8. The van der Waals surface area contributed by atoms with Crippen molar-refractivity contribution in [3.05, 3.63) is 28.8 Å². The number of rotatable bonds is 5. The number of benzene rings is 1. The van der Waals surface area contributed by atoms with E-state index in [1.54, 1.807) is 7.11 Å². The van der Waals surface area contributed by atoms with E-state index in [1.165, 1.54) is 42.4 Å². The molecule has 2 rings (SSSR count). The molecule has 0 radical (unpaired) electrons. The molecule has 0 aromatic heterocycles. The van der Waals surface area contributed by atoms with Gasteiger partial charge in [0.05, 0.1) is 7.11 Å². The van der Waals surface area contributed by atoms with Crippen LogP contribution in [0.5, 0.6) is 5.75 Å². The first-order valence-corrected chi connectivity index (χ1v) is 7.54. The van der Waals surface area contributed by atoms with Crippen molar-refractivity contribution in [1.29, 1.82) is 0 Å². The molecule has 2 heteroatoms. The third-order valence-electron chi connectivity index (χ3n) is 4.47. The summed E-state index contributed by atoms with van der Waals surface area (Å²) >= 11 is 0. The smallest absolute Gasteiger partial charge is 0.125 e. The molecule has 1 saturated carbocycles. The number of nitrogens with one attached hydrogen (secondary N) is 1. The lowest BCUT2D eigenvalue weighted by Gasteiger charge is -2.18. The summed E-state index contributed by atoms with van der Waals surface area (Å²) in [5.41, 5.74) is 4.02. The van der Waals surface area contributed by atoms with Crippen LogP contribution in [-0.2, 0) is 0 Å². The lowest BCUT2D eigenvalue weighted by molar-refractivity contribution is 0.401. The molecule has 0 spiro atoms. The Hall–Kier alpha value is -1.02.